The van der Waals surface area contributed by atoms with Crippen LogP contribution in [0, 0.1) is 0 Å². The molecule has 0 aliphatic rings. The Balaban J connectivity index is 1.51. The Morgan fingerprint density at radius 3 is 2.62 bits per heavy atom. The van der Waals surface area contributed by atoms with Crippen LogP contribution in [-0.2, 0) is 16.6 Å². The first-order valence-corrected chi connectivity index (χ1v) is 8.78. The van der Waals surface area contributed by atoms with Crippen molar-refractivity contribution in [1.29, 1.82) is 0 Å². The van der Waals surface area contributed by atoms with Gasteiger partial charge in [0.2, 0.25) is 5.91 Å². The van der Waals surface area contributed by atoms with Gasteiger partial charge in [-0.2, -0.15) is 0 Å². The third kappa shape index (κ3) is 4.36. The Morgan fingerprint density at radius 1 is 1.12 bits per heavy atom. The minimum absolute atomic E-state index is 0.112. The van der Waals surface area contributed by atoms with E-state index >= 15 is 0 Å². The predicted octanol–water partition coefficient (Wildman–Crippen LogP) is 3.40. The van der Waals surface area contributed by atoms with Crippen molar-refractivity contribution < 1.29 is 4.79 Å². The van der Waals surface area contributed by atoms with Gasteiger partial charge < -0.3 is 5.32 Å². The summed E-state index contributed by atoms with van der Waals surface area (Å²) in [5.74, 6) is 0.723. The fourth-order valence-electron chi connectivity index (χ4n) is 2.68. The zero-order valence-corrected chi connectivity index (χ0v) is 15.4. The van der Waals surface area contributed by atoms with Crippen LogP contribution in [0.1, 0.15) is 37.7 Å². The number of nitrogens with one attached hydrogen (secondary N) is 1. The van der Waals surface area contributed by atoms with Crippen molar-refractivity contribution in [2.24, 2.45) is 0 Å². The summed E-state index contributed by atoms with van der Waals surface area (Å²) >= 11 is 0. The number of aromatic nitrogens is 3. The minimum atomic E-state index is -0.112. The number of hydrogen-bond acceptors (Lipinski definition) is 3. The quantitative estimate of drug-likeness (QED) is 0.719. The molecule has 0 bridgehead atoms. The molecule has 26 heavy (non-hydrogen) atoms. The summed E-state index contributed by atoms with van der Waals surface area (Å²) in [5, 5.41) is 11.1. The highest BCUT2D eigenvalue weighted by Crippen LogP contribution is 2.22. The largest absolute Gasteiger partial charge is 0.352 e. The molecule has 1 N–H and O–H groups in total. The maximum absolute atomic E-state index is 12.0. The Hall–Kier alpha value is -2.95. The molecule has 0 aliphatic heterocycles. The number of carbonyl (C=O) groups excluding carboxylic acids is 1. The van der Waals surface area contributed by atoms with Gasteiger partial charge in [0.15, 0.2) is 5.65 Å². The average molecular weight is 348 g/mol. The van der Waals surface area contributed by atoms with Crippen molar-refractivity contribution in [3.8, 4) is 0 Å². The molecule has 1 aromatic carbocycles. The maximum atomic E-state index is 12.0. The molecule has 2 aromatic heterocycles. The van der Waals surface area contributed by atoms with Gasteiger partial charge in [-0.15, -0.1) is 10.2 Å². The third-order valence-electron chi connectivity index (χ3n) is 4.24. The van der Waals surface area contributed by atoms with Crippen LogP contribution in [0.25, 0.3) is 11.7 Å². The number of fused-ring (bicyclic) bond motifs is 1. The van der Waals surface area contributed by atoms with E-state index in [9.17, 15) is 4.79 Å². The molecule has 5 nitrogen and oxygen atoms in total. The number of pyridine rings is 1. The van der Waals surface area contributed by atoms with Crippen molar-refractivity contribution in [3.05, 3.63) is 71.7 Å². The molecule has 0 unspecified atom stereocenters. The van der Waals surface area contributed by atoms with E-state index in [4.69, 9.17) is 0 Å². The van der Waals surface area contributed by atoms with E-state index < -0.39 is 0 Å². The summed E-state index contributed by atoms with van der Waals surface area (Å²) in [7, 11) is 0. The average Bonchev–Trinajstić information content (AvgIpc) is 3.03. The summed E-state index contributed by atoms with van der Waals surface area (Å²) in [6.07, 6.45) is 5.95. The molecule has 0 atom stereocenters. The van der Waals surface area contributed by atoms with Crippen molar-refractivity contribution in [2.45, 2.75) is 32.6 Å². The van der Waals surface area contributed by atoms with Crippen molar-refractivity contribution in [2.75, 3.05) is 6.54 Å². The summed E-state index contributed by atoms with van der Waals surface area (Å²) in [6.45, 7) is 7.07. The van der Waals surface area contributed by atoms with Crippen LogP contribution in [-0.4, -0.2) is 27.0 Å². The normalized spacial score (nSPS) is 12.0. The number of amides is 1. The summed E-state index contributed by atoms with van der Waals surface area (Å²) in [6, 6.07) is 14.0. The van der Waals surface area contributed by atoms with E-state index in [1.807, 2.05) is 47.0 Å². The monoisotopic (exact) mass is 348 g/mol. The second-order valence-electron chi connectivity index (χ2n) is 7.29. The van der Waals surface area contributed by atoms with Gasteiger partial charge in [-0.3, -0.25) is 9.20 Å². The molecule has 3 aromatic rings. The lowest BCUT2D eigenvalue weighted by Gasteiger charge is -2.18. The van der Waals surface area contributed by atoms with Gasteiger partial charge in [-0.1, -0.05) is 51.1 Å². The van der Waals surface area contributed by atoms with Crippen molar-refractivity contribution in [1.82, 2.24) is 19.9 Å². The lowest BCUT2D eigenvalue weighted by Crippen LogP contribution is -2.24. The predicted molar refractivity (Wildman–Crippen MR) is 104 cm³/mol. The van der Waals surface area contributed by atoms with Gasteiger partial charge in [0, 0.05) is 25.2 Å². The number of carbonyl (C=O) groups is 1. The number of benzene rings is 1. The Bertz CT molecular complexity index is 917. The van der Waals surface area contributed by atoms with E-state index in [1.54, 1.807) is 6.08 Å². The summed E-state index contributed by atoms with van der Waals surface area (Å²) < 4.78 is 1.93. The van der Waals surface area contributed by atoms with Crippen LogP contribution in [0.5, 0.6) is 0 Å². The molecule has 2 heterocycles. The fourth-order valence-corrected chi connectivity index (χ4v) is 2.68. The van der Waals surface area contributed by atoms with Gasteiger partial charge in [-0.25, -0.2) is 0 Å². The first-order chi connectivity index (χ1) is 12.4. The molecule has 0 saturated carbocycles. The second-order valence-corrected chi connectivity index (χ2v) is 7.29. The lowest BCUT2D eigenvalue weighted by molar-refractivity contribution is -0.116. The molecule has 3 rings (SSSR count). The minimum Gasteiger partial charge on any atom is -0.352 e. The van der Waals surface area contributed by atoms with Crippen LogP contribution in [0.4, 0.5) is 0 Å². The SMILES string of the molecule is CC(C)(C)c1ccc(/C=C/C(=O)NCCc2nnc3ccccn23)cc1. The molecular weight excluding hydrogens is 324 g/mol. The van der Waals surface area contributed by atoms with Crippen LogP contribution in [0.3, 0.4) is 0 Å². The van der Waals surface area contributed by atoms with Gasteiger partial charge >= 0.3 is 0 Å². The molecule has 1 amide bonds. The standard InChI is InChI=1S/C21H24N4O/c1-21(2,3)17-10-7-16(8-11-17)9-12-20(26)22-14-13-19-24-23-18-6-4-5-15-25(18)19/h4-12,15H,13-14H2,1-3H3,(H,22,26)/b12-9+. The number of nitrogens with zero attached hydrogens (tertiary/aromatic N) is 3. The van der Waals surface area contributed by atoms with Gasteiger partial charge in [0.05, 0.1) is 0 Å². The molecule has 0 saturated heterocycles. The zero-order valence-electron chi connectivity index (χ0n) is 15.4. The van der Waals surface area contributed by atoms with Crippen LogP contribution < -0.4 is 5.32 Å². The first kappa shape index (κ1) is 17.9. The Kier molecular flexibility index (Phi) is 5.16. The van der Waals surface area contributed by atoms with Crippen LogP contribution in [0.15, 0.2) is 54.7 Å². The van der Waals surface area contributed by atoms with E-state index in [2.05, 4.69) is 48.4 Å². The lowest BCUT2D eigenvalue weighted by atomic mass is 9.87. The Morgan fingerprint density at radius 2 is 1.88 bits per heavy atom. The zero-order chi connectivity index (χ0) is 18.6. The van der Waals surface area contributed by atoms with Crippen molar-refractivity contribution in [3.63, 3.8) is 0 Å². The highest BCUT2D eigenvalue weighted by atomic mass is 16.1. The number of hydrogen-bond donors (Lipinski definition) is 1. The van der Waals surface area contributed by atoms with Crippen LogP contribution >= 0.6 is 0 Å². The van der Waals surface area contributed by atoms with Crippen LogP contribution in [0.2, 0.25) is 0 Å². The maximum Gasteiger partial charge on any atom is 0.244 e. The van der Waals surface area contributed by atoms with E-state index in [0.29, 0.717) is 13.0 Å². The summed E-state index contributed by atoms with van der Waals surface area (Å²) in [5.41, 5.74) is 3.23. The van der Waals surface area contributed by atoms with E-state index in [0.717, 1.165) is 17.0 Å². The smallest absolute Gasteiger partial charge is 0.244 e. The fraction of sp³-hybridized carbons (Fsp3) is 0.286. The molecule has 134 valence electrons. The molecular formula is C21H24N4O. The van der Waals surface area contributed by atoms with Gasteiger partial charge in [0.1, 0.15) is 5.82 Å². The second kappa shape index (κ2) is 7.52. The molecule has 5 heteroatoms. The van der Waals surface area contributed by atoms with Crippen molar-refractivity contribution >= 4 is 17.6 Å². The topological polar surface area (TPSA) is 59.3 Å². The number of rotatable bonds is 5. The van der Waals surface area contributed by atoms with Gasteiger partial charge in [-0.05, 0) is 34.8 Å². The third-order valence-corrected chi connectivity index (χ3v) is 4.24. The van der Waals surface area contributed by atoms with Gasteiger partial charge in [0.25, 0.3) is 0 Å². The molecule has 0 fully saturated rings. The Labute approximate surface area is 153 Å². The van der Waals surface area contributed by atoms with E-state index in [-0.39, 0.29) is 11.3 Å². The highest BCUT2D eigenvalue weighted by Gasteiger charge is 2.12. The summed E-state index contributed by atoms with van der Waals surface area (Å²) in [4.78, 5) is 12.0. The van der Waals surface area contributed by atoms with E-state index in [1.165, 1.54) is 5.56 Å². The molecule has 0 radical (unpaired) electrons. The first-order valence-electron chi connectivity index (χ1n) is 8.78. The highest BCUT2D eigenvalue weighted by molar-refractivity contribution is 5.91. The molecule has 0 aliphatic carbocycles. The molecule has 0 spiro atoms.